The van der Waals surface area contributed by atoms with Gasteiger partial charge in [-0.25, -0.2) is 0 Å². The van der Waals surface area contributed by atoms with E-state index in [9.17, 15) is 9.59 Å². The maximum absolute atomic E-state index is 12.6. The molecule has 162 valence electrons. The summed E-state index contributed by atoms with van der Waals surface area (Å²) in [5.41, 5.74) is 1.35. The third-order valence-electron chi connectivity index (χ3n) is 4.40. The van der Waals surface area contributed by atoms with E-state index in [1.165, 1.54) is 0 Å². The number of rotatable bonds is 7. The summed E-state index contributed by atoms with van der Waals surface area (Å²) in [4.78, 5) is 24.8. The van der Waals surface area contributed by atoms with Crippen molar-refractivity contribution in [2.75, 3.05) is 10.6 Å². The highest BCUT2D eigenvalue weighted by Gasteiger charge is 2.13. The molecule has 0 bridgehead atoms. The van der Waals surface area contributed by atoms with Gasteiger partial charge in [0.25, 0.3) is 11.8 Å². The number of furan rings is 1. The van der Waals surface area contributed by atoms with Crippen molar-refractivity contribution < 1.29 is 18.7 Å². The van der Waals surface area contributed by atoms with E-state index in [1.54, 1.807) is 60.4 Å². The molecule has 0 aliphatic rings. The summed E-state index contributed by atoms with van der Waals surface area (Å²) in [6, 6.07) is 19.4. The number of anilines is 2. The van der Waals surface area contributed by atoms with Crippen LogP contribution >= 0.6 is 22.6 Å². The Labute approximate surface area is 197 Å². The molecule has 2 heterocycles. The second-order valence-electron chi connectivity index (χ2n) is 6.87. The zero-order valence-electron chi connectivity index (χ0n) is 17.0. The molecule has 0 unspecified atom stereocenters. The molecule has 0 spiro atoms. The normalized spacial score (nSPS) is 10.6. The molecule has 2 aromatic carbocycles. The van der Waals surface area contributed by atoms with E-state index in [0.717, 1.165) is 9.32 Å². The van der Waals surface area contributed by atoms with Crippen molar-refractivity contribution in [1.29, 1.82) is 0 Å². The largest absolute Gasteiger partial charge is 0.486 e. The van der Waals surface area contributed by atoms with E-state index in [0.29, 0.717) is 22.8 Å². The van der Waals surface area contributed by atoms with Crippen molar-refractivity contribution in [2.24, 2.45) is 7.05 Å². The van der Waals surface area contributed by atoms with Crippen LogP contribution in [0.1, 0.15) is 26.8 Å². The number of hydrogen-bond donors (Lipinski definition) is 2. The van der Waals surface area contributed by atoms with Crippen LogP contribution in [0.25, 0.3) is 0 Å². The van der Waals surface area contributed by atoms with Crippen LogP contribution in [0.15, 0.2) is 77.3 Å². The zero-order chi connectivity index (χ0) is 22.5. The fourth-order valence-corrected chi connectivity index (χ4v) is 3.22. The van der Waals surface area contributed by atoms with Crippen molar-refractivity contribution in [3.8, 4) is 5.75 Å². The van der Waals surface area contributed by atoms with Crippen molar-refractivity contribution >= 4 is 45.8 Å². The van der Waals surface area contributed by atoms with Gasteiger partial charge in [-0.1, -0.05) is 6.07 Å². The summed E-state index contributed by atoms with van der Waals surface area (Å²) in [5, 5.41) is 9.59. The van der Waals surface area contributed by atoms with Gasteiger partial charge in [-0.05, 0) is 83.3 Å². The van der Waals surface area contributed by atoms with Gasteiger partial charge in [-0.15, -0.1) is 0 Å². The van der Waals surface area contributed by atoms with Gasteiger partial charge >= 0.3 is 0 Å². The molecule has 0 radical (unpaired) electrons. The maximum atomic E-state index is 12.6. The second kappa shape index (κ2) is 9.69. The number of aromatic nitrogens is 2. The molecule has 4 aromatic rings. The monoisotopic (exact) mass is 542 g/mol. The Morgan fingerprint density at radius 1 is 1.00 bits per heavy atom. The SMILES string of the molecule is Cn1ccc(C(=O)Nc2cccc(NC(=O)c3ccc(COc4ccc(I)cc4)o3)c2)n1. The van der Waals surface area contributed by atoms with Crippen LogP contribution in [-0.4, -0.2) is 21.6 Å². The van der Waals surface area contributed by atoms with E-state index < -0.39 is 5.91 Å². The predicted octanol–water partition coefficient (Wildman–Crippen LogP) is 4.70. The number of nitrogens with zero attached hydrogens (tertiary/aromatic N) is 2. The Balaban J connectivity index is 1.35. The van der Waals surface area contributed by atoms with E-state index in [4.69, 9.17) is 9.15 Å². The highest BCUT2D eigenvalue weighted by atomic mass is 127. The maximum Gasteiger partial charge on any atom is 0.291 e. The molecule has 32 heavy (non-hydrogen) atoms. The topological polar surface area (TPSA) is 98.4 Å². The van der Waals surface area contributed by atoms with Gasteiger partial charge in [-0.2, -0.15) is 5.10 Å². The number of aryl methyl sites for hydroxylation is 1. The van der Waals surface area contributed by atoms with Crippen LogP contribution in [0.3, 0.4) is 0 Å². The molecule has 0 atom stereocenters. The lowest BCUT2D eigenvalue weighted by Crippen LogP contribution is -2.14. The fraction of sp³-hybridized carbons (Fsp3) is 0.0870. The standard InChI is InChI=1S/C23H19IN4O4/c1-28-12-11-20(27-28)22(29)25-16-3-2-4-17(13-16)26-23(30)21-10-9-19(32-21)14-31-18-7-5-15(24)6-8-18/h2-13H,14H2,1H3,(H,25,29)(H,26,30). The highest BCUT2D eigenvalue weighted by molar-refractivity contribution is 14.1. The average Bonchev–Trinajstić information content (AvgIpc) is 3.43. The third kappa shape index (κ3) is 5.55. The molecule has 0 saturated heterocycles. The third-order valence-corrected chi connectivity index (χ3v) is 5.12. The van der Waals surface area contributed by atoms with E-state index in [2.05, 4.69) is 38.3 Å². The zero-order valence-corrected chi connectivity index (χ0v) is 19.2. The number of carbonyl (C=O) groups is 2. The number of amides is 2. The number of nitrogens with one attached hydrogen (secondary N) is 2. The molecule has 0 aliphatic heterocycles. The smallest absolute Gasteiger partial charge is 0.291 e. The Morgan fingerprint density at radius 3 is 2.41 bits per heavy atom. The van der Waals surface area contributed by atoms with E-state index in [1.807, 2.05) is 24.3 Å². The minimum absolute atomic E-state index is 0.161. The minimum atomic E-state index is -0.404. The molecule has 0 aliphatic carbocycles. The average molecular weight is 542 g/mol. The van der Waals surface area contributed by atoms with Crippen molar-refractivity contribution in [3.63, 3.8) is 0 Å². The Kier molecular flexibility index (Phi) is 6.55. The number of halogens is 1. The second-order valence-corrected chi connectivity index (χ2v) is 8.12. The fourth-order valence-electron chi connectivity index (χ4n) is 2.86. The molecule has 0 fully saturated rings. The summed E-state index contributed by atoms with van der Waals surface area (Å²) < 4.78 is 13.9. The molecule has 8 nitrogen and oxygen atoms in total. The van der Waals surface area contributed by atoms with Gasteiger partial charge in [0.05, 0.1) is 0 Å². The Bertz CT molecular complexity index is 1250. The first kappa shape index (κ1) is 21.6. The van der Waals surface area contributed by atoms with Gasteiger partial charge in [0.2, 0.25) is 0 Å². The number of benzene rings is 2. The summed E-state index contributed by atoms with van der Waals surface area (Å²) >= 11 is 2.22. The van der Waals surface area contributed by atoms with Crippen LogP contribution in [0.5, 0.6) is 5.75 Å². The van der Waals surface area contributed by atoms with Gasteiger partial charge < -0.3 is 19.8 Å². The Hall–Kier alpha value is -3.60. The lowest BCUT2D eigenvalue weighted by atomic mass is 10.2. The summed E-state index contributed by atoms with van der Waals surface area (Å²) in [7, 11) is 1.74. The van der Waals surface area contributed by atoms with Crippen LogP contribution in [0, 0.1) is 3.57 Å². The van der Waals surface area contributed by atoms with Crippen molar-refractivity contribution in [1.82, 2.24) is 9.78 Å². The van der Waals surface area contributed by atoms with Gasteiger partial charge in [-0.3, -0.25) is 14.3 Å². The van der Waals surface area contributed by atoms with Crippen molar-refractivity contribution in [3.05, 3.63) is 93.7 Å². The van der Waals surface area contributed by atoms with Crippen LogP contribution in [0.2, 0.25) is 0 Å². The molecule has 2 aromatic heterocycles. The summed E-state index contributed by atoms with van der Waals surface area (Å²) in [6.07, 6.45) is 1.69. The lowest BCUT2D eigenvalue weighted by molar-refractivity contribution is 0.0991. The van der Waals surface area contributed by atoms with Crippen LogP contribution in [0.4, 0.5) is 11.4 Å². The lowest BCUT2D eigenvalue weighted by Gasteiger charge is -2.07. The quantitative estimate of drug-likeness (QED) is 0.330. The molecule has 9 heteroatoms. The number of ether oxygens (including phenoxy) is 1. The molecule has 4 rings (SSSR count). The van der Waals surface area contributed by atoms with Crippen molar-refractivity contribution in [2.45, 2.75) is 6.61 Å². The molecule has 2 amide bonds. The molecule has 0 saturated carbocycles. The molecular formula is C23H19IN4O4. The summed E-state index contributed by atoms with van der Waals surface area (Å²) in [5.74, 6) is 0.674. The first-order valence-electron chi connectivity index (χ1n) is 9.66. The van der Waals surface area contributed by atoms with Crippen LogP contribution < -0.4 is 15.4 Å². The first-order chi connectivity index (χ1) is 15.5. The predicted molar refractivity (Wildman–Crippen MR) is 128 cm³/mol. The van der Waals surface area contributed by atoms with Gasteiger partial charge in [0.15, 0.2) is 11.5 Å². The van der Waals surface area contributed by atoms with E-state index >= 15 is 0 Å². The molecular weight excluding hydrogens is 523 g/mol. The van der Waals surface area contributed by atoms with Gasteiger partial charge in [0.1, 0.15) is 18.1 Å². The Morgan fingerprint density at radius 2 is 1.72 bits per heavy atom. The highest BCUT2D eigenvalue weighted by Crippen LogP contribution is 2.19. The number of carbonyl (C=O) groups excluding carboxylic acids is 2. The minimum Gasteiger partial charge on any atom is -0.486 e. The van der Waals surface area contributed by atoms with E-state index in [-0.39, 0.29) is 18.3 Å². The van der Waals surface area contributed by atoms with Crippen LogP contribution in [-0.2, 0) is 13.7 Å². The van der Waals surface area contributed by atoms with Gasteiger partial charge in [0, 0.05) is 28.2 Å². The molecule has 2 N–H and O–H groups in total. The number of hydrogen-bond acceptors (Lipinski definition) is 5. The first-order valence-corrected chi connectivity index (χ1v) is 10.7. The summed E-state index contributed by atoms with van der Waals surface area (Å²) in [6.45, 7) is 0.211.